The van der Waals surface area contributed by atoms with E-state index in [1.807, 2.05) is 6.92 Å². The number of hydrogen-bond donors (Lipinski definition) is 0. The Morgan fingerprint density at radius 3 is 3.00 bits per heavy atom. The van der Waals surface area contributed by atoms with Gasteiger partial charge in [-0.05, 0) is 6.92 Å². The summed E-state index contributed by atoms with van der Waals surface area (Å²) in [7, 11) is 0. The van der Waals surface area contributed by atoms with Crippen LogP contribution in [0.1, 0.15) is 11.3 Å². The molecular formula is C8H9ClN2OS. The molecule has 70 valence electrons. The predicted octanol–water partition coefficient (Wildman–Crippen LogP) is 1.80. The van der Waals surface area contributed by atoms with E-state index in [1.54, 1.807) is 11.1 Å². The highest BCUT2D eigenvalue weighted by atomic mass is 35.5. The predicted molar refractivity (Wildman–Crippen MR) is 53.5 cm³/mol. The van der Waals surface area contributed by atoms with Gasteiger partial charge in [-0.15, -0.1) is 22.9 Å². The van der Waals surface area contributed by atoms with E-state index in [4.69, 9.17) is 11.6 Å². The van der Waals surface area contributed by atoms with Gasteiger partial charge < -0.3 is 0 Å². The highest BCUT2D eigenvalue weighted by Gasteiger charge is 2.30. The lowest BCUT2D eigenvalue weighted by molar-refractivity contribution is -0.117. The van der Waals surface area contributed by atoms with Gasteiger partial charge in [0.2, 0.25) is 5.91 Å². The minimum absolute atomic E-state index is 0.0586. The number of rotatable bonds is 1. The van der Waals surface area contributed by atoms with Crippen molar-refractivity contribution in [3.05, 3.63) is 11.1 Å². The topological polar surface area (TPSA) is 33.2 Å². The summed E-state index contributed by atoms with van der Waals surface area (Å²) < 4.78 is 0. The van der Waals surface area contributed by atoms with Crippen molar-refractivity contribution in [2.75, 3.05) is 11.4 Å². The molecule has 2 rings (SSSR count). The summed E-state index contributed by atoms with van der Waals surface area (Å²) in [4.78, 5) is 18.3. The van der Waals surface area contributed by atoms with Crippen LogP contribution in [0.25, 0.3) is 0 Å². The molecule has 0 spiro atoms. The summed E-state index contributed by atoms with van der Waals surface area (Å²) in [5.74, 6) is 0.0781. The summed E-state index contributed by atoms with van der Waals surface area (Å²) >= 11 is 7.40. The summed E-state index contributed by atoms with van der Waals surface area (Å²) in [6.07, 6.45) is 2.20. The Morgan fingerprint density at radius 1 is 1.77 bits per heavy atom. The van der Waals surface area contributed by atoms with Gasteiger partial charge in [0.05, 0.1) is 5.38 Å². The second-order valence-electron chi connectivity index (χ2n) is 3.06. The fourth-order valence-electron chi connectivity index (χ4n) is 1.32. The van der Waals surface area contributed by atoms with E-state index >= 15 is 0 Å². The first kappa shape index (κ1) is 8.97. The fourth-order valence-corrected chi connectivity index (χ4v) is 2.37. The van der Waals surface area contributed by atoms with E-state index in [1.165, 1.54) is 11.3 Å². The highest BCUT2D eigenvalue weighted by molar-refractivity contribution is 7.15. The van der Waals surface area contributed by atoms with Crippen LogP contribution in [0.15, 0.2) is 6.20 Å². The molecule has 3 nitrogen and oxygen atoms in total. The number of thiazole rings is 1. The Hall–Kier alpha value is -0.610. The van der Waals surface area contributed by atoms with Crippen molar-refractivity contribution in [2.45, 2.75) is 18.7 Å². The van der Waals surface area contributed by atoms with Crippen molar-refractivity contribution in [3.8, 4) is 0 Å². The van der Waals surface area contributed by atoms with Crippen LogP contribution in [-0.4, -0.2) is 22.8 Å². The van der Waals surface area contributed by atoms with Crippen molar-refractivity contribution in [2.24, 2.45) is 0 Å². The first-order chi connectivity index (χ1) is 6.16. The minimum atomic E-state index is -0.0586. The molecule has 0 N–H and O–H groups in total. The number of alkyl halides is 1. The Bertz CT molecular complexity index is 339. The first-order valence-electron chi connectivity index (χ1n) is 4.03. The maximum absolute atomic E-state index is 11.4. The van der Waals surface area contributed by atoms with E-state index in [0.717, 1.165) is 10.0 Å². The van der Waals surface area contributed by atoms with Crippen molar-refractivity contribution in [1.29, 1.82) is 0 Å². The van der Waals surface area contributed by atoms with Gasteiger partial charge in [-0.1, -0.05) is 0 Å². The number of amides is 1. The number of aromatic nitrogens is 1. The van der Waals surface area contributed by atoms with Gasteiger partial charge in [0.15, 0.2) is 5.13 Å². The van der Waals surface area contributed by atoms with E-state index in [0.29, 0.717) is 13.0 Å². The van der Waals surface area contributed by atoms with Gasteiger partial charge in [-0.2, -0.15) is 0 Å². The first-order valence-corrected chi connectivity index (χ1v) is 5.29. The molecule has 1 fully saturated rings. The highest BCUT2D eigenvalue weighted by Crippen LogP contribution is 2.27. The van der Waals surface area contributed by atoms with Gasteiger partial charge in [0, 0.05) is 24.0 Å². The SMILES string of the molecule is Cc1cnc(N2CC(Cl)CC2=O)s1. The van der Waals surface area contributed by atoms with Crippen LogP contribution in [0.4, 0.5) is 5.13 Å². The molecule has 1 saturated heterocycles. The molecule has 1 aromatic heterocycles. The normalized spacial score (nSPS) is 22.8. The Morgan fingerprint density at radius 2 is 2.54 bits per heavy atom. The molecule has 0 saturated carbocycles. The van der Waals surface area contributed by atoms with Crippen LogP contribution in [0.3, 0.4) is 0 Å². The molecule has 1 aromatic rings. The van der Waals surface area contributed by atoms with Crippen LogP contribution in [0.5, 0.6) is 0 Å². The average molecular weight is 217 g/mol. The van der Waals surface area contributed by atoms with Crippen molar-refractivity contribution < 1.29 is 4.79 Å². The molecule has 1 aliphatic rings. The number of anilines is 1. The minimum Gasteiger partial charge on any atom is -0.287 e. The molecule has 0 aromatic carbocycles. The van der Waals surface area contributed by atoms with Crippen LogP contribution >= 0.6 is 22.9 Å². The molecule has 1 aliphatic heterocycles. The molecule has 1 amide bonds. The lowest BCUT2D eigenvalue weighted by atomic mass is 10.4. The number of aryl methyl sites for hydroxylation is 1. The third kappa shape index (κ3) is 1.69. The third-order valence-electron chi connectivity index (χ3n) is 1.92. The number of hydrogen-bond acceptors (Lipinski definition) is 3. The second kappa shape index (κ2) is 3.27. The molecule has 13 heavy (non-hydrogen) atoms. The van der Waals surface area contributed by atoms with Crippen LogP contribution in [0.2, 0.25) is 0 Å². The van der Waals surface area contributed by atoms with E-state index in [9.17, 15) is 4.79 Å². The molecule has 1 unspecified atom stereocenters. The number of nitrogens with zero attached hydrogens (tertiary/aromatic N) is 2. The lowest BCUT2D eigenvalue weighted by Crippen LogP contribution is -2.24. The van der Waals surface area contributed by atoms with Crippen molar-refractivity contribution in [1.82, 2.24) is 4.98 Å². The number of halogens is 1. The van der Waals surface area contributed by atoms with Gasteiger partial charge in [-0.3, -0.25) is 9.69 Å². The Kier molecular flexibility index (Phi) is 2.26. The zero-order valence-corrected chi connectivity index (χ0v) is 8.73. The molecule has 5 heteroatoms. The molecule has 2 heterocycles. The zero-order chi connectivity index (χ0) is 9.42. The lowest BCUT2D eigenvalue weighted by Gasteiger charge is -2.10. The molecular weight excluding hydrogens is 208 g/mol. The largest absolute Gasteiger partial charge is 0.287 e. The Balaban J connectivity index is 2.22. The van der Waals surface area contributed by atoms with Gasteiger partial charge in [0.1, 0.15) is 0 Å². The second-order valence-corrected chi connectivity index (χ2v) is 4.89. The van der Waals surface area contributed by atoms with E-state index in [2.05, 4.69) is 4.98 Å². The summed E-state index contributed by atoms with van der Waals surface area (Å²) in [6.45, 7) is 2.56. The van der Waals surface area contributed by atoms with Crippen molar-refractivity contribution >= 4 is 34.0 Å². The number of carbonyl (C=O) groups is 1. The quantitative estimate of drug-likeness (QED) is 0.671. The zero-order valence-electron chi connectivity index (χ0n) is 7.16. The van der Waals surface area contributed by atoms with Gasteiger partial charge in [-0.25, -0.2) is 4.98 Å². The van der Waals surface area contributed by atoms with E-state index in [-0.39, 0.29) is 11.3 Å². The van der Waals surface area contributed by atoms with Crippen LogP contribution < -0.4 is 4.90 Å². The van der Waals surface area contributed by atoms with Gasteiger partial charge in [0.25, 0.3) is 0 Å². The fraction of sp³-hybridized carbons (Fsp3) is 0.500. The maximum atomic E-state index is 11.4. The molecule has 1 atom stereocenters. The third-order valence-corrected chi connectivity index (χ3v) is 3.15. The van der Waals surface area contributed by atoms with Gasteiger partial charge >= 0.3 is 0 Å². The summed E-state index contributed by atoms with van der Waals surface area (Å²) in [6, 6.07) is 0. The Labute approximate surface area is 85.3 Å². The van der Waals surface area contributed by atoms with Crippen LogP contribution in [0, 0.1) is 6.92 Å². The monoisotopic (exact) mass is 216 g/mol. The molecule has 0 bridgehead atoms. The molecule has 0 aliphatic carbocycles. The maximum Gasteiger partial charge on any atom is 0.230 e. The smallest absolute Gasteiger partial charge is 0.230 e. The summed E-state index contributed by atoms with van der Waals surface area (Å²) in [5, 5.41) is 0.711. The van der Waals surface area contributed by atoms with Crippen LogP contribution in [-0.2, 0) is 4.79 Å². The molecule has 0 radical (unpaired) electrons. The average Bonchev–Trinajstić information content (AvgIpc) is 2.58. The van der Waals surface area contributed by atoms with Crippen molar-refractivity contribution in [3.63, 3.8) is 0 Å². The van der Waals surface area contributed by atoms with E-state index < -0.39 is 0 Å². The summed E-state index contributed by atoms with van der Waals surface area (Å²) in [5.41, 5.74) is 0. The standard InChI is InChI=1S/C8H9ClN2OS/c1-5-3-10-8(13-5)11-4-6(9)2-7(11)12/h3,6H,2,4H2,1H3. The number of carbonyl (C=O) groups excluding carboxylic acids is 1.